The Morgan fingerprint density at radius 3 is 1.53 bits per heavy atom. The molecule has 0 saturated carbocycles. The topological polar surface area (TPSA) is 46.2 Å². The van der Waals surface area contributed by atoms with Gasteiger partial charge >= 0.3 is 0 Å². The van der Waals surface area contributed by atoms with Gasteiger partial charge in [-0.25, -0.2) is 0 Å². The van der Waals surface area contributed by atoms with Crippen molar-refractivity contribution in [1.82, 2.24) is 0 Å². The molecule has 2 nitrogen and oxygen atoms in total. The zero-order valence-electron chi connectivity index (χ0n) is 13.2. The van der Waals surface area contributed by atoms with Crippen LogP contribution in [-0.4, -0.2) is 17.8 Å². The summed E-state index contributed by atoms with van der Waals surface area (Å²) in [6.45, 7) is 2.51. The Morgan fingerprint density at radius 1 is 0.684 bits per heavy atom. The molecule has 0 spiro atoms. The first-order valence-corrected chi connectivity index (χ1v) is 8.67. The molecule has 2 heteroatoms. The van der Waals surface area contributed by atoms with Crippen molar-refractivity contribution in [3.8, 4) is 0 Å². The van der Waals surface area contributed by atoms with Gasteiger partial charge in [0.25, 0.3) is 0 Å². The Kier molecular flexibility index (Phi) is 15.9. The second-order valence-electron chi connectivity index (χ2n) is 5.95. The molecule has 1 atom stereocenters. The predicted octanol–water partition coefficient (Wildman–Crippen LogP) is 4.79. The van der Waals surface area contributed by atoms with Gasteiger partial charge in [-0.05, 0) is 12.8 Å². The van der Waals surface area contributed by atoms with E-state index in [0.29, 0.717) is 0 Å². The molecule has 0 aromatic carbocycles. The van der Waals surface area contributed by atoms with E-state index in [9.17, 15) is 0 Å². The summed E-state index contributed by atoms with van der Waals surface area (Å²) < 4.78 is 0. The number of nitrogens with two attached hydrogens (primary N) is 1. The Bertz CT molecular complexity index is 161. The zero-order chi connectivity index (χ0) is 14.2. The number of hydrogen-bond acceptors (Lipinski definition) is 2. The van der Waals surface area contributed by atoms with Crippen LogP contribution in [0.2, 0.25) is 0 Å². The molecule has 0 aromatic rings. The second kappa shape index (κ2) is 16.0. The van der Waals surface area contributed by atoms with Gasteiger partial charge in [0.05, 0.1) is 0 Å². The van der Waals surface area contributed by atoms with Gasteiger partial charge in [-0.1, -0.05) is 84.0 Å². The minimum atomic E-state index is 0.216. The molecular weight excluding hydrogens is 234 g/mol. The summed E-state index contributed by atoms with van der Waals surface area (Å²) >= 11 is 0. The van der Waals surface area contributed by atoms with Gasteiger partial charge in [-0.2, -0.15) is 0 Å². The van der Waals surface area contributed by atoms with Crippen molar-refractivity contribution in [2.24, 2.45) is 5.73 Å². The summed E-state index contributed by atoms with van der Waals surface area (Å²) in [6, 6.07) is 0.216. The van der Waals surface area contributed by atoms with Crippen LogP contribution in [0, 0.1) is 0 Å². The minimum Gasteiger partial charge on any atom is -0.396 e. The molecule has 0 radical (unpaired) electrons. The molecular formula is C17H37NO. The van der Waals surface area contributed by atoms with Gasteiger partial charge in [0, 0.05) is 12.6 Å². The third-order valence-electron chi connectivity index (χ3n) is 3.93. The van der Waals surface area contributed by atoms with E-state index >= 15 is 0 Å². The standard InChI is InChI=1S/C17H37NO/c1-2-3-4-5-6-7-8-9-10-11-12-13-14-17(18)15-16-19/h17,19H,2-16,18H2,1H3. The molecule has 0 aliphatic heterocycles. The average Bonchev–Trinajstić information content (AvgIpc) is 2.40. The van der Waals surface area contributed by atoms with Gasteiger partial charge < -0.3 is 10.8 Å². The highest BCUT2D eigenvalue weighted by atomic mass is 16.3. The summed E-state index contributed by atoms with van der Waals surface area (Å²) in [5.74, 6) is 0. The van der Waals surface area contributed by atoms with E-state index in [4.69, 9.17) is 10.8 Å². The van der Waals surface area contributed by atoms with Crippen LogP contribution in [0.3, 0.4) is 0 Å². The van der Waals surface area contributed by atoms with Crippen molar-refractivity contribution in [3.05, 3.63) is 0 Å². The van der Waals surface area contributed by atoms with Crippen LogP contribution in [0.25, 0.3) is 0 Å². The Hall–Kier alpha value is -0.0800. The minimum absolute atomic E-state index is 0.216. The molecule has 0 aliphatic carbocycles. The lowest BCUT2D eigenvalue weighted by molar-refractivity contribution is 0.271. The van der Waals surface area contributed by atoms with E-state index in [1.54, 1.807) is 0 Å². The maximum absolute atomic E-state index is 8.75. The first-order chi connectivity index (χ1) is 9.31. The molecule has 116 valence electrons. The van der Waals surface area contributed by atoms with E-state index in [2.05, 4.69) is 6.92 Å². The highest BCUT2D eigenvalue weighted by molar-refractivity contribution is 4.60. The molecule has 0 fully saturated rings. The summed E-state index contributed by atoms with van der Waals surface area (Å²) in [4.78, 5) is 0. The third kappa shape index (κ3) is 15.9. The lowest BCUT2D eigenvalue weighted by Gasteiger charge is -2.09. The molecule has 0 heterocycles. The third-order valence-corrected chi connectivity index (χ3v) is 3.93. The SMILES string of the molecule is CCCCCCCCCCCCCCC(N)CCO. The van der Waals surface area contributed by atoms with Crippen LogP contribution in [0.1, 0.15) is 96.8 Å². The molecule has 0 aromatic heterocycles. The maximum atomic E-state index is 8.75. The van der Waals surface area contributed by atoms with E-state index in [1.165, 1.54) is 77.0 Å². The van der Waals surface area contributed by atoms with Crippen molar-refractivity contribution in [2.75, 3.05) is 6.61 Å². The molecule has 1 unspecified atom stereocenters. The maximum Gasteiger partial charge on any atom is 0.0445 e. The summed E-state index contributed by atoms with van der Waals surface area (Å²) in [5.41, 5.74) is 5.85. The van der Waals surface area contributed by atoms with Crippen molar-refractivity contribution in [1.29, 1.82) is 0 Å². The summed E-state index contributed by atoms with van der Waals surface area (Å²) in [7, 11) is 0. The predicted molar refractivity (Wildman–Crippen MR) is 85.4 cm³/mol. The van der Waals surface area contributed by atoms with Crippen molar-refractivity contribution < 1.29 is 5.11 Å². The number of rotatable bonds is 15. The molecule has 0 saturated heterocycles. The summed E-state index contributed by atoms with van der Waals surface area (Å²) in [6.07, 6.45) is 18.5. The molecule has 0 aliphatic rings. The highest BCUT2D eigenvalue weighted by Crippen LogP contribution is 2.13. The number of aliphatic hydroxyl groups is 1. The lowest BCUT2D eigenvalue weighted by Crippen LogP contribution is -2.20. The molecule has 0 bridgehead atoms. The van der Waals surface area contributed by atoms with Crippen LogP contribution in [0.5, 0.6) is 0 Å². The van der Waals surface area contributed by atoms with Gasteiger partial charge in [-0.15, -0.1) is 0 Å². The Labute approximate surface area is 121 Å². The quantitative estimate of drug-likeness (QED) is 0.421. The summed E-state index contributed by atoms with van der Waals surface area (Å²) in [5, 5.41) is 8.75. The van der Waals surface area contributed by atoms with E-state index < -0.39 is 0 Å². The van der Waals surface area contributed by atoms with Gasteiger partial charge in [0.2, 0.25) is 0 Å². The van der Waals surface area contributed by atoms with Crippen LogP contribution in [0.4, 0.5) is 0 Å². The normalized spacial score (nSPS) is 12.8. The monoisotopic (exact) mass is 271 g/mol. The highest BCUT2D eigenvalue weighted by Gasteiger charge is 2.00. The van der Waals surface area contributed by atoms with E-state index in [0.717, 1.165) is 12.8 Å². The molecule has 3 N–H and O–H groups in total. The Balaban J connectivity index is 2.99. The number of hydrogen-bond donors (Lipinski definition) is 2. The van der Waals surface area contributed by atoms with E-state index in [-0.39, 0.29) is 12.6 Å². The molecule has 0 rings (SSSR count). The van der Waals surface area contributed by atoms with Crippen molar-refractivity contribution in [2.45, 2.75) is 103 Å². The van der Waals surface area contributed by atoms with Crippen LogP contribution in [0.15, 0.2) is 0 Å². The van der Waals surface area contributed by atoms with Crippen LogP contribution in [-0.2, 0) is 0 Å². The van der Waals surface area contributed by atoms with Gasteiger partial charge in [0.15, 0.2) is 0 Å². The van der Waals surface area contributed by atoms with E-state index in [1.807, 2.05) is 0 Å². The molecule has 19 heavy (non-hydrogen) atoms. The zero-order valence-corrected chi connectivity index (χ0v) is 13.2. The fourth-order valence-electron chi connectivity index (χ4n) is 2.56. The smallest absolute Gasteiger partial charge is 0.0445 e. The average molecular weight is 271 g/mol. The number of unbranched alkanes of at least 4 members (excludes halogenated alkanes) is 11. The van der Waals surface area contributed by atoms with Gasteiger partial charge in [0.1, 0.15) is 0 Å². The second-order valence-corrected chi connectivity index (χ2v) is 5.95. The fourth-order valence-corrected chi connectivity index (χ4v) is 2.56. The first-order valence-electron chi connectivity index (χ1n) is 8.67. The van der Waals surface area contributed by atoms with Crippen molar-refractivity contribution >= 4 is 0 Å². The fraction of sp³-hybridized carbons (Fsp3) is 1.00. The lowest BCUT2D eigenvalue weighted by atomic mass is 10.0. The molecule has 0 amide bonds. The van der Waals surface area contributed by atoms with Gasteiger partial charge in [-0.3, -0.25) is 0 Å². The Morgan fingerprint density at radius 2 is 1.11 bits per heavy atom. The van der Waals surface area contributed by atoms with Crippen LogP contribution >= 0.6 is 0 Å². The van der Waals surface area contributed by atoms with Crippen LogP contribution < -0.4 is 5.73 Å². The van der Waals surface area contributed by atoms with Crippen molar-refractivity contribution in [3.63, 3.8) is 0 Å². The first kappa shape index (κ1) is 18.9. The number of aliphatic hydroxyl groups excluding tert-OH is 1. The largest absolute Gasteiger partial charge is 0.396 e.